The van der Waals surface area contributed by atoms with E-state index >= 15 is 0 Å². The highest BCUT2D eigenvalue weighted by Crippen LogP contribution is 2.10. The first-order chi connectivity index (χ1) is 4.33. The fourth-order valence-electron chi connectivity index (χ4n) is 0.529. The van der Waals surface area contributed by atoms with Gasteiger partial charge in [-0.1, -0.05) is 17.6 Å². The van der Waals surface area contributed by atoms with Crippen molar-refractivity contribution in [2.24, 2.45) is 0 Å². The topological polar surface area (TPSA) is 20.2 Å². The summed E-state index contributed by atoms with van der Waals surface area (Å²) < 4.78 is 8.50. The Morgan fingerprint density at radius 1 is 1.22 bits per heavy atom. The van der Waals surface area contributed by atoms with Crippen molar-refractivity contribution in [3.05, 3.63) is 24.3 Å². The zero-order valence-corrected chi connectivity index (χ0v) is 5.56. The third kappa shape index (κ3) is 1.77. The summed E-state index contributed by atoms with van der Waals surface area (Å²) in [5.41, 5.74) is 0.716. The Hall–Kier alpha value is -0.405. The maximum Gasteiger partial charge on any atom is 0.113 e. The quantitative estimate of drug-likeness (QED) is 0.459. The van der Waals surface area contributed by atoms with Crippen molar-refractivity contribution in [2.45, 2.75) is 4.90 Å². The molecule has 0 atom stereocenters. The second-order valence-corrected chi connectivity index (χ2v) is 2.31. The summed E-state index contributed by atoms with van der Waals surface area (Å²) in [6.07, 6.45) is 0. The highest BCUT2D eigenvalue weighted by Gasteiger charge is 1.86. The van der Waals surface area contributed by atoms with E-state index in [-0.39, 0.29) is 0 Å². The Morgan fingerprint density at radius 2 is 1.78 bits per heavy atom. The van der Waals surface area contributed by atoms with Crippen molar-refractivity contribution in [1.82, 2.24) is 0 Å². The van der Waals surface area contributed by atoms with Gasteiger partial charge in [0.1, 0.15) is 7.85 Å². The van der Waals surface area contributed by atoms with E-state index in [2.05, 4.69) is 0 Å². The number of hydrogen-bond donors (Lipinski definition) is 1. The van der Waals surface area contributed by atoms with Crippen LogP contribution in [0.3, 0.4) is 0 Å². The highest BCUT2D eigenvalue weighted by molar-refractivity contribution is 7.93. The molecule has 1 aromatic rings. The molecule has 1 rings (SSSR count). The number of benzene rings is 1. The van der Waals surface area contributed by atoms with Crippen molar-refractivity contribution in [1.29, 1.82) is 0 Å². The summed E-state index contributed by atoms with van der Waals surface area (Å²) in [4.78, 5) is 0.809. The van der Waals surface area contributed by atoms with Crippen molar-refractivity contribution >= 4 is 25.4 Å². The van der Waals surface area contributed by atoms with Crippen molar-refractivity contribution in [3.63, 3.8) is 0 Å². The molecule has 0 saturated heterocycles. The minimum Gasteiger partial charge on any atom is -0.325 e. The van der Waals surface area contributed by atoms with Crippen LogP contribution in [-0.2, 0) is 0 Å². The first-order valence-corrected chi connectivity index (χ1v) is 3.27. The molecular formula is C6H5BOS. The van der Waals surface area contributed by atoms with E-state index in [1.165, 1.54) is 0 Å². The molecule has 44 valence electrons. The van der Waals surface area contributed by atoms with Gasteiger partial charge in [0.2, 0.25) is 0 Å². The van der Waals surface area contributed by atoms with Gasteiger partial charge in [0.15, 0.2) is 0 Å². The van der Waals surface area contributed by atoms with E-state index in [9.17, 15) is 0 Å². The molecule has 1 nitrogen and oxygen atoms in total. The Labute approximate surface area is 59.7 Å². The Bertz CT molecular complexity index is 185. The summed E-state index contributed by atoms with van der Waals surface area (Å²) in [5.74, 6) is 0. The van der Waals surface area contributed by atoms with Gasteiger partial charge >= 0.3 is 0 Å². The lowest BCUT2D eigenvalue weighted by atomic mass is 9.97. The molecule has 2 radical (unpaired) electrons. The van der Waals surface area contributed by atoms with Crippen molar-refractivity contribution in [3.8, 4) is 0 Å². The molecule has 0 bridgehead atoms. The SMILES string of the molecule is [B]c1ccc(SO)cc1. The number of hydrogen-bond acceptors (Lipinski definition) is 2. The molecule has 0 heterocycles. The molecule has 0 aliphatic carbocycles. The van der Waals surface area contributed by atoms with Gasteiger partial charge in [-0.25, -0.2) is 0 Å². The molecular weight excluding hydrogens is 131 g/mol. The Kier molecular flexibility index (Phi) is 2.19. The molecule has 3 heteroatoms. The molecule has 9 heavy (non-hydrogen) atoms. The molecule has 0 aliphatic heterocycles. The maximum atomic E-state index is 8.50. The normalized spacial score (nSPS) is 9.44. The standard InChI is InChI=1S/C6H5BOS/c7-5-1-3-6(9-8)4-2-5/h1-4,8H. The van der Waals surface area contributed by atoms with Crippen LogP contribution < -0.4 is 5.46 Å². The first kappa shape index (κ1) is 6.71. The summed E-state index contributed by atoms with van der Waals surface area (Å²) in [6, 6.07) is 7.02. The lowest BCUT2D eigenvalue weighted by Crippen LogP contribution is -1.98. The summed E-state index contributed by atoms with van der Waals surface area (Å²) >= 11 is 0.722. The minimum atomic E-state index is 0.716. The van der Waals surface area contributed by atoms with Crippen molar-refractivity contribution < 1.29 is 4.55 Å². The number of rotatable bonds is 1. The largest absolute Gasteiger partial charge is 0.325 e. The summed E-state index contributed by atoms with van der Waals surface area (Å²) in [5, 5.41) is 0. The fraction of sp³-hybridized carbons (Fsp3) is 0. The van der Waals surface area contributed by atoms with Gasteiger partial charge in [-0.15, -0.1) is 0 Å². The Morgan fingerprint density at radius 3 is 2.22 bits per heavy atom. The van der Waals surface area contributed by atoms with E-state index < -0.39 is 0 Å². The second kappa shape index (κ2) is 2.94. The van der Waals surface area contributed by atoms with Crippen LogP contribution in [0.2, 0.25) is 0 Å². The maximum absolute atomic E-state index is 8.50. The van der Waals surface area contributed by atoms with Crippen LogP contribution in [0.4, 0.5) is 0 Å². The van der Waals surface area contributed by atoms with Crippen LogP contribution in [0.15, 0.2) is 29.2 Å². The van der Waals surface area contributed by atoms with Crippen LogP contribution in [0.5, 0.6) is 0 Å². The average molecular weight is 136 g/mol. The van der Waals surface area contributed by atoms with Gasteiger partial charge in [0.25, 0.3) is 0 Å². The first-order valence-electron chi connectivity index (χ1n) is 2.50. The molecule has 1 aromatic carbocycles. The summed E-state index contributed by atoms with van der Waals surface area (Å²) in [7, 11) is 5.39. The molecule has 0 saturated carbocycles. The Balaban J connectivity index is 2.88. The van der Waals surface area contributed by atoms with E-state index in [1.54, 1.807) is 24.3 Å². The van der Waals surface area contributed by atoms with E-state index in [4.69, 9.17) is 12.4 Å². The van der Waals surface area contributed by atoms with Crippen LogP contribution in [0.25, 0.3) is 0 Å². The van der Waals surface area contributed by atoms with E-state index in [1.807, 2.05) is 0 Å². The summed E-state index contributed by atoms with van der Waals surface area (Å²) in [6.45, 7) is 0. The van der Waals surface area contributed by atoms with Gasteiger partial charge in [-0.2, -0.15) is 0 Å². The van der Waals surface area contributed by atoms with Gasteiger partial charge in [0, 0.05) is 16.9 Å². The van der Waals surface area contributed by atoms with E-state index in [0.717, 1.165) is 16.9 Å². The van der Waals surface area contributed by atoms with Gasteiger partial charge in [-0.3, -0.25) is 0 Å². The minimum absolute atomic E-state index is 0.716. The zero-order valence-electron chi connectivity index (χ0n) is 4.74. The van der Waals surface area contributed by atoms with Crippen LogP contribution >= 0.6 is 12.0 Å². The van der Waals surface area contributed by atoms with Crippen LogP contribution in [0.1, 0.15) is 0 Å². The predicted octanol–water partition coefficient (Wildman–Crippen LogP) is 1.05. The molecule has 0 unspecified atom stereocenters. The molecule has 0 amide bonds. The van der Waals surface area contributed by atoms with Gasteiger partial charge < -0.3 is 4.55 Å². The molecule has 1 N–H and O–H groups in total. The second-order valence-electron chi connectivity index (χ2n) is 1.66. The highest BCUT2D eigenvalue weighted by atomic mass is 32.2. The lowest BCUT2D eigenvalue weighted by Gasteiger charge is -1.92. The predicted molar refractivity (Wildman–Crippen MR) is 40.3 cm³/mol. The average Bonchev–Trinajstić information content (AvgIpc) is 1.90. The molecule has 0 spiro atoms. The molecule has 0 aliphatic rings. The van der Waals surface area contributed by atoms with Crippen LogP contribution in [0, 0.1) is 0 Å². The lowest BCUT2D eigenvalue weighted by molar-refractivity contribution is 0.664. The monoisotopic (exact) mass is 136 g/mol. The van der Waals surface area contributed by atoms with Crippen molar-refractivity contribution in [2.75, 3.05) is 0 Å². The van der Waals surface area contributed by atoms with Crippen LogP contribution in [-0.4, -0.2) is 12.4 Å². The van der Waals surface area contributed by atoms with Gasteiger partial charge in [0.05, 0.1) is 0 Å². The fourth-order valence-corrected chi connectivity index (χ4v) is 0.786. The van der Waals surface area contributed by atoms with Gasteiger partial charge in [-0.05, 0) is 12.1 Å². The van der Waals surface area contributed by atoms with E-state index in [0.29, 0.717) is 5.46 Å². The smallest absolute Gasteiger partial charge is 0.113 e. The molecule has 0 aromatic heterocycles. The third-order valence-electron chi connectivity index (χ3n) is 0.986. The molecule has 0 fully saturated rings. The third-order valence-corrected chi connectivity index (χ3v) is 1.47. The zero-order chi connectivity index (χ0) is 6.69.